The third kappa shape index (κ3) is 7.16. The molecule has 0 aliphatic carbocycles. The quantitative estimate of drug-likeness (QED) is 0.345. The third-order valence-corrected chi connectivity index (χ3v) is 1.89. The molecular weight excluding hydrogens is 335 g/mol. The maximum atomic E-state index is 5.21. The van der Waals surface area contributed by atoms with Gasteiger partial charge in [-0.2, -0.15) is 0 Å². The van der Waals surface area contributed by atoms with Crippen molar-refractivity contribution in [3.8, 4) is 0 Å². The molecule has 98 valence electrons. The van der Waals surface area contributed by atoms with Gasteiger partial charge in [0.25, 0.3) is 0 Å². The number of hydrogen-bond donors (Lipinski definition) is 2. The molecule has 1 aromatic heterocycles. The van der Waals surface area contributed by atoms with Crippen molar-refractivity contribution in [2.45, 2.75) is 13.5 Å². The highest BCUT2D eigenvalue weighted by atomic mass is 127. The van der Waals surface area contributed by atoms with Crippen LogP contribution in [-0.2, 0) is 11.3 Å². The summed E-state index contributed by atoms with van der Waals surface area (Å²) in [6.07, 6.45) is 1.54. The summed E-state index contributed by atoms with van der Waals surface area (Å²) in [6, 6.07) is 1.81. The normalized spacial score (nSPS) is 10.8. The van der Waals surface area contributed by atoms with Gasteiger partial charge in [0.1, 0.15) is 12.0 Å². The number of aromatic nitrogens is 1. The minimum atomic E-state index is 0. The molecule has 0 saturated heterocycles. The van der Waals surface area contributed by atoms with Gasteiger partial charge in [0.2, 0.25) is 0 Å². The first-order valence-corrected chi connectivity index (χ1v) is 5.28. The van der Waals surface area contributed by atoms with Gasteiger partial charge in [0.15, 0.2) is 5.96 Å². The third-order valence-electron chi connectivity index (χ3n) is 1.89. The van der Waals surface area contributed by atoms with Gasteiger partial charge < -0.3 is 19.9 Å². The van der Waals surface area contributed by atoms with Crippen LogP contribution < -0.4 is 10.6 Å². The van der Waals surface area contributed by atoms with E-state index in [1.54, 1.807) is 19.4 Å². The van der Waals surface area contributed by atoms with Crippen molar-refractivity contribution in [2.24, 2.45) is 4.99 Å². The van der Waals surface area contributed by atoms with Crippen molar-refractivity contribution in [2.75, 3.05) is 26.8 Å². The van der Waals surface area contributed by atoms with Crippen LogP contribution >= 0.6 is 24.0 Å². The zero-order chi connectivity index (χ0) is 11.6. The Morgan fingerprint density at radius 2 is 2.35 bits per heavy atom. The number of halogens is 1. The molecule has 0 spiro atoms. The fourth-order valence-electron chi connectivity index (χ4n) is 1.11. The van der Waals surface area contributed by atoms with E-state index in [4.69, 9.17) is 9.26 Å². The molecule has 1 rings (SSSR count). The van der Waals surface area contributed by atoms with Crippen LogP contribution in [0.2, 0.25) is 0 Å². The highest BCUT2D eigenvalue weighted by molar-refractivity contribution is 14.0. The Kier molecular flexibility index (Phi) is 9.83. The number of guanidine groups is 1. The second-order valence-corrected chi connectivity index (χ2v) is 3.04. The van der Waals surface area contributed by atoms with E-state index in [1.165, 1.54) is 0 Å². The molecule has 7 heteroatoms. The van der Waals surface area contributed by atoms with E-state index in [0.29, 0.717) is 13.2 Å². The lowest BCUT2D eigenvalue weighted by atomic mass is 10.4. The molecule has 0 amide bonds. The minimum absolute atomic E-state index is 0. The van der Waals surface area contributed by atoms with E-state index in [1.807, 2.05) is 6.92 Å². The van der Waals surface area contributed by atoms with E-state index in [0.717, 1.165) is 24.8 Å². The molecule has 0 aromatic carbocycles. The number of nitrogens with one attached hydrogen (secondary N) is 2. The Labute approximate surface area is 118 Å². The smallest absolute Gasteiger partial charge is 0.191 e. The summed E-state index contributed by atoms with van der Waals surface area (Å²) in [5, 5.41) is 10.0. The van der Waals surface area contributed by atoms with E-state index in [2.05, 4.69) is 20.8 Å². The van der Waals surface area contributed by atoms with Gasteiger partial charge in [-0.05, 0) is 6.92 Å². The zero-order valence-corrected chi connectivity index (χ0v) is 12.4. The molecule has 0 radical (unpaired) electrons. The summed E-state index contributed by atoms with van der Waals surface area (Å²) in [5.41, 5.74) is 0.841. The molecule has 0 aliphatic rings. The van der Waals surface area contributed by atoms with Gasteiger partial charge in [0.05, 0.1) is 13.2 Å². The van der Waals surface area contributed by atoms with Crippen LogP contribution in [0.25, 0.3) is 0 Å². The summed E-state index contributed by atoms with van der Waals surface area (Å²) < 4.78 is 9.93. The Morgan fingerprint density at radius 3 is 2.94 bits per heavy atom. The Hall–Kier alpha value is -0.830. The van der Waals surface area contributed by atoms with Gasteiger partial charge in [-0.3, -0.25) is 4.99 Å². The highest BCUT2D eigenvalue weighted by Crippen LogP contribution is 1.92. The number of ether oxygens (including phenoxy) is 1. The van der Waals surface area contributed by atoms with Crippen molar-refractivity contribution < 1.29 is 9.26 Å². The second kappa shape index (κ2) is 10.3. The molecule has 1 aromatic rings. The van der Waals surface area contributed by atoms with Gasteiger partial charge >= 0.3 is 0 Å². The van der Waals surface area contributed by atoms with Crippen LogP contribution in [0.1, 0.15) is 12.6 Å². The van der Waals surface area contributed by atoms with Crippen LogP contribution in [0.5, 0.6) is 0 Å². The summed E-state index contributed by atoms with van der Waals surface area (Å²) >= 11 is 0. The van der Waals surface area contributed by atoms with Gasteiger partial charge in [-0.1, -0.05) is 5.16 Å². The van der Waals surface area contributed by atoms with Crippen LogP contribution in [0.15, 0.2) is 21.8 Å². The van der Waals surface area contributed by atoms with Crippen molar-refractivity contribution in [1.29, 1.82) is 0 Å². The predicted molar refractivity (Wildman–Crippen MR) is 76.6 cm³/mol. The molecule has 0 aliphatic heterocycles. The van der Waals surface area contributed by atoms with Gasteiger partial charge in [-0.25, -0.2) is 0 Å². The van der Waals surface area contributed by atoms with Gasteiger partial charge in [0, 0.05) is 26.3 Å². The largest absolute Gasteiger partial charge is 0.380 e. The van der Waals surface area contributed by atoms with Gasteiger partial charge in [-0.15, -0.1) is 24.0 Å². The molecule has 1 heterocycles. The van der Waals surface area contributed by atoms with Crippen molar-refractivity contribution in [3.05, 3.63) is 18.0 Å². The van der Waals surface area contributed by atoms with Crippen molar-refractivity contribution in [3.63, 3.8) is 0 Å². The first-order chi connectivity index (χ1) is 7.86. The molecule has 6 nitrogen and oxygen atoms in total. The van der Waals surface area contributed by atoms with E-state index >= 15 is 0 Å². The van der Waals surface area contributed by atoms with Crippen LogP contribution in [0.4, 0.5) is 0 Å². The molecule has 0 atom stereocenters. The summed E-state index contributed by atoms with van der Waals surface area (Å²) in [7, 11) is 1.72. The zero-order valence-electron chi connectivity index (χ0n) is 10.1. The average Bonchev–Trinajstić information content (AvgIpc) is 2.81. The molecule has 0 unspecified atom stereocenters. The highest BCUT2D eigenvalue weighted by Gasteiger charge is 1.99. The second-order valence-electron chi connectivity index (χ2n) is 3.04. The summed E-state index contributed by atoms with van der Waals surface area (Å²) in [4.78, 5) is 4.07. The standard InChI is InChI=1S/C10H18N4O2.HI/c1-3-15-7-5-12-10(11-2)13-8-9-4-6-16-14-9;/h4,6H,3,5,7-8H2,1-2H3,(H2,11,12,13);1H. The topological polar surface area (TPSA) is 71.7 Å². The van der Waals surface area contributed by atoms with Crippen molar-refractivity contribution in [1.82, 2.24) is 15.8 Å². The summed E-state index contributed by atoms with van der Waals surface area (Å²) in [6.45, 7) is 4.68. The molecular formula is C10H19IN4O2. The Bertz CT molecular complexity index is 303. The Morgan fingerprint density at radius 1 is 1.53 bits per heavy atom. The number of rotatable bonds is 6. The number of nitrogens with zero attached hydrogens (tertiary/aromatic N) is 2. The maximum Gasteiger partial charge on any atom is 0.191 e. The molecule has 2 N–H and O–H groups in total. The molecule has 0 saturated carbocycles. The predicted octanol–water partition coefficient (Wildman–Crippen LogP) is 0.994. The summed E-state index contributed by atoms with van der Waals surface area (Å²) in [5.74, 6) is 0.725. The lowest BCUT2D eigenvalue weighted by molar-refractivity contribution is 0.152. The molecule has 17 heavy (non-hydrogen) atoms. The first-order valence-electron chi connectivity index (χ1n) is 5.28. The van der Waals surface area contributed by atoms with E-state index < -0.39 is 0 Å². The fraction of sp³-hybridized carbons (Fsp3) is 0.600. The lowest BCUT2D eigenvalue weighted by Crippen LogP contribution is -2.38. The monoisotopic (exact) mass is 354 g/mol. The van der Waals surface area contributed by atoms with Crippen LogP contribution in [0.3, 0.4) is 0 Å². The SMILES string of the molecule is CCOCCNC(=NC)NCc1ccon1.I. The molecule has 0 fully saturated rings. The molecule has 0 bridgehead atoms. The minimum Gasteiger partial charge on any atom is -0.380 e. The van der Waals surface area contributed by atoms with Crippen molar-refractivity contribution >= 4 is 29.9 Å². The lowest BCUT2D eigenvalue weighted by Gasteiger charge is -2.10. The van der Waals surface area contributed by atoms with E-state index in [9.17, 15) is 0 Å². The average molecular weight is 354 g/mol. The maximum absolute atomic E-state index is 5.21. The Balaban J connectivity index is 0.00000256. The van der Waals surface area contributed by atoms with Crippen LogP contribution in [-0.4, -0.2) is 37.9 Å². The van der Waals surface area contributed by atoms with E-state index in [-0.39, 0.29) is 24.0 Å². The number of aliphatic imine (C=N–C) groups is 1. The fourth-order valence-corrected chi connectivity index (χ4v) is 1.11. The van der Waals surface area contributed by atoms with Crippen LogP contribution in [0, 0.1) is 0 Å². The first kappa shape index (κ1) is 16.2. The number of hydrogen-bond acceptors (Lipinski definition) is 4.